The van der Waals surface area contributed by atoms with Gasteiger partial charge in [-0.05, 0) is 28.5 Å². The number of amides is 1. The summed E-state index contributed by atoms with van der Waals surface area (Å²) in [6.07, 6.45) is -0.831. The van der Waals surface area contributed by atoms with E-state index in [1.54, 1.807) is 0 Å². The molecule has 4 rings (SSSR count). The Morgan fingerprint density at radius 3 is 2.46 bits per heavy atom. The maximum Gasteiger partial charge on any atom is 0.366 e. The standard InChI is InChI=1S/C21H17N3O4/c1-14-7-9-15(10-8-14)13-23-20-17(11-12-18(22-20)24(26)27)28-19(21(23)25)16-5-3-2-4-6-16/h2-12,19H,13H2,1H3. The third-order valence-corrected chi connectivity index (χ3v) is 4.57. The number of nitro groups is 1. The van der Waals surface area contributed by atoms with Crippen LogP contribution in [0, 0.1) is 17.0 Å². The van der Waals surface area contributed by atoms with Crippen molar-refractivity contribution in [1.82, 2.24) is 4.98 Å². The van der Waals surface area contributed by atoms with Gasteiger partial charge in [0.1, 0.15) is 0 Å². The first-order chi connectivity index (χ1) is 13.5. The van der Waals surface area contributed by atoms with E-state index in [2.05, 4.69) is 4.98 Å². The first-order valence-corrected chi connectivity index (χ1v) is 8.77. The van der Waals surface area contributed by atoms with Crippen LogP contribution in [0.4, 0.5) is 11.6 Å². The summed E-state index contributed by atoms with van der Waals surface area (Å²) < 4.78 is 5.88. The Morgan fingerprint density at radius 1 is 1.07 bits per heavy atom. The molecule has 1 unspecified atom stereocenters. The van der Waals surface area contributed by atoms with Crippen LogP contribution >= 0.6 is 0 Å². The predicted octanol–water partition coefficient (Wildman–Crippen LogP) is 3.97. The average molecular weight is 375 g/mol. The number of pyridine rings is 1. The van der Waals surface area contributed by atoms with Crippen molar-refractivity contribution in [2.24, 2.45) is 0 Å². The number of rotatable bonds is 4. The fourth-order valence-corrected chi connectivity index (χ4v) is 3.10. The molecule has 1 atom stereocenters. The van der Waals surface area contributed by atoms with E-state index in [1.807, 2.05) is 61.5 Å². The molecule has 1 aliphatic rings. The first-order valence-electron chi connectivity index (χ1n) is 8.77. The van der Waals surface area contributed by atoms with Crippen LogP contribution in [-0.4, -0.2) is 15.8 Å². The van der Waals surface area contributed by atoms with Gasteiger partial charge in [-0.25, -0.2) is 0 Å². The SMILES string of the molecule is Cc1ccc(CN2C(=O)C(c3ccccc3)Oc3ccc([N+](=O)[O-])nc32)cc1. The molecule has 0 saturated heterocycles. The fraction of sp³-hybridized carbons (Fsp3) is 0.143. The molecule has 1 aliphatic heterocycles. The minimum absolute atomic E-state index is 0.159. The highest BCUT2D eigenvalue weighted by molar-refractivity contribution is 5.99. The van der Waals surface area contributed by atoms with Gasteiger partial charge >= 0.3 is 5.82 Å². The summed E-state index contributed by atoms with van der Waals surface area (Å²) in [4.78, 5) is 29.3. The largest absolute Gasteiger partial charge is 0.469 e. The zero-order valence-electron chi connectivity index (χ0n) is 15.1. The lowest BCUT2D eigenvalue weighted by molar-refractivity contribution is -0.389. The molecule has 0 spiro atoms. The Bertz CT molecular complexity index is 1040. The van der Waals surface area contributed by atoms with Gasteiger partial charge in [0.15, 0.2) is 5.75 Å². The molecule has 140 valence electrons. The Morgan fingerprint density at radius 2 is 1.79 bits per heavy atom. The van der Waals surface area contributed by atoms with Gasteiger partial charge in [0.25, 0.3) is 11.7 Å². The molecule has 2 heterocycles. The van der Waals surface area contributed by atoms with Gasteiger partial charge in [0.05, 0.1) is 6.54 Å². The predicted molar refractivity (Wildman–Crippen MR) is 103 cm³/mol. The zero-order valence-corrected chi connectivity index (χ0v) is 15.1. The summed E-state index contributed by atoms with van der Waals surface area (Å²) in [6, 6.07) is 19.7. The summed E-state index contributed by atoms with van der Waals surface area (Å²) >= 11 is 0. The van der Waals surface area contributed by atoms with E-state index in [-0.39, 0.29) is 24.1 Å². The molecule has 1 amide bonds. The number of aromatic nitrogens is 1. The van der Waals surface area contributed by atoms with E-state index in [1.165, 1.54) is 17.0 Å². The Balaban J connectivity index is 1.78. The van der Waals surface area contributed by atoms with Gasteiger partial charge in [-0.15, -0.1) is 0 Å². The molecule has 0 aliphatic carbocycles. The van der Waals surface area contributed by atoms with Crippen LogP contribution in [0.1, 0.15) is 22.8 Å². The minimum Gasteiger partial charge on any atom is -0.469 e. The monoisotopic (exact) mass is 375 g/mol. The maximum atomic E-state index is 13.2. The van der Waals surface area contributed by atoms with E-state index < -0.39 is 11.0 Å². The molecule has 0 bridgehead atoms. The molecule has 0 saturated carbocycles. The lowest BCUT2D eigenvalue weighted by Gasteiger charge is -2.31. The number of carbonyl (C=O) groups is 1. The van der Waals surface area contributed by atoms with E-state index in [9.17, 15) is 14.9 Å². The second-order valence-electron chi connectivity index (χ2n) is 6.57. The number of benzene rings is 2. The van der Waals surface area contributed by atoms with Crippen molar-refractivity contribution in [3.8, 4) is 5.75 Å². The van der Waals surface area contributed by atoms with Crippen LogP contribution in [0.5, 0.6) is 5.75 Å². The van der Waals surface area contributed by atoms with Crippen LogP contribution in [0.2, 0.25) is 0 Å². The van der Waals surface area contributed by atoms with Gasteiger partial charge in [-0.2, -0.15) is 0 Å². The van der Waals surface area contributed by atoms with Crippen molar-refractivity contribution in [3.63, 3.8) is 0 Å². The molecule has 3 aromatic rings. The minimum atomic E-state index is -0.831. The molecule has 28 heavy (non-hydrogen) atoms. The second kappa shape index (κ2) is 7.11. The molecular weight excluding hydrogens is 358 g/mol. The summed E-state index contributed by atoms with van der Waals surface area (Å²) in [7, 11) is 0. The van der Waals surface area contributed by atoms with Crippen LogP contribution in [-0.2, 0) is 11.3 Å². The number of anilines is 1. The molecular formula is C21H17N3O4. The summed E-state index contributed by atoms with van der Waals surface area (Å²) in [5.74, 6) is -0.146. The molecule has 2 aromatic carbocycles. The molecule has 0 fully saturated rings. The average Bonchev–Trinajstić information content (AvgIpc) is 2.71. The molecule has 0 N–H and O–H groups in total. The summed E-state index contributed by atoms with van der Waals surface area (Å²) in [5.41, 5.74) is 2.71. The van der Waals surface area contributed by atoms with Crippen LogP contribution < -0.4 is 9.64 Å². The van der Waals surface area contributed by atoms with Crippen molar-refractivity contribution in [2.45, 2.75) is 19.6 Å². The van der Waals surface area contributed by atoms with Crippen molar-refractivity contribution in [2.75, 3.05) is 4.90 Å². The molecule has 7 heteroatoms. The normalized spacial score (nSPS) is 15.7. The third kappa shape index (κ3) is 3.29. The lowest BCUT2D eigenvalue weighted by atomic mass is 10.1. The van der Waals surface area contributed by atoms with Crippen molar-refractivity contribution in [3.05, 3.63) is 93.5 Å². The quantitative estimate of drug-likeness (QED) is 0.509. The molecule has 1 aromatic heterocycles. The van der Waals surface area contributed by atoms with E-state index in [0.29, 0.717) is 11.3 Å². The summed E-state index contributed by atoms with van der Waals surface area (Å²) in [6.45, 7) is 2.22. The smallest absolute Gasteiger partial charge is 0.366 e. The molecule has 7 nitrogen and oxygen atoms in total. The van der Waals surface area contributed by atoms with E-state index in [4.69, 9.17) is 4.74 Å². The number of carbonyl (C=O) groups excluding carboxylic acids is 1. The second-order valence-corrected chi connectivity index (χ2v) is 6.57. The fourth-order valence-electron chi connectivity index (χ4n) is 3.10. The number of nitrogens with zero attached hydrogens (tertiary/aromatic N) is 3. The maximum absolute atomic E-state index is 13.2. The molecule has 0 radical (unpaired) electrons. The first kappa shape index (κ1) is 17.7. The number of ether oxygens (including phenoxy) is 1. The highest BCUT2D eigenvalue weighted by Gasteiger charge is 2.39. The van der Waals surface area contributed by atoms with Crippen LogP contribution in [0.3, 0.4) is 0 Å². The zero-order chi connectivity index (χ0) is 19.7. The van der Waals surface area contributed by atoms with Crippen molar-refractivity contribution in [1.29, 1.82) is 0 Å². The van der Waals surface area contributed by atoms with Gasteiger partial charge < -0.3 is 14.9 Å². The topological polar surface area (TPSA) is 85.6 Å². The third-order valence-electron chi connectivity index (χ3n) is 4.57. The Kier molecular flexibility index (Phi) is 4.49. The number of hydrogen-bond donors (Lipinski definition) is 0. The van der Waals surface area contributed by atoms with E-state index >= 15 is 0 Å². The van der Waals surface area contributed by atoms with Gasteiger partial charge in [0, 0.05) is 11.6 Å². The number of fused-ring (bicyclic) bond motifs is 1. The van der Waals surface area contributed by atoms with Crippen molar-refractivity contribution >= 4 is 17.5 Å². The highest BCUT2D eigenvalue weighted by atomic mass is 16.6. The van der Waals surface area contributed by atoms with E-state index in [0.717, 1.165) is 11.1 Å². The van der Waals surface area contributed by atoms with Crippen molar-refractivity contribution < 1.29 is 14.5 Å². The van der Waals surface area contributed by atoms with Crippen LogP contribution in [0.25, 0.3) is 0 Å². The van der Waals surface area contributed by atoms with Crippen LogP contribution in [0.15, 0.2) is 66.7 Å². The Hall–Kier alpha value is -3.74. The number of aryl methyl sites for hydroxylation is 1. The Labute approximate surface area is 161 Å². The van der Waals surface area contributed by atoms with Gasteiger partial charge in [-0.3, -0.25) is 9.69 Å². The number of hydrogen-bond acceptors (Lipinski definition) is 5. The van der Waals surface area contributed by atoms with Gasteiger partial charge in [0.2, 0.25) is 6.10 Å². The highest BCUT2D eigenvalue weighted by Crippen LogP contribution is 2.39. The summed E-state index contributed by atoms with van der Waals surface area (Å²) in [5, 5.41) is 11.2. The van der Waals surface area contributed by atoms with Gasteiger partial charge in [-0.1, -0.05) is 60.2 Å². The lowest BCUT2D eigenvalue weighted by Crippen LogP contribution is -2.41.